The molecular formula is C21H24N4O. The Hall–Kier alpha value is -2.66. The highest BCUT2D eigenvalue weighted by Crippen LogP contribution is 2.20. The van der Waals surface area contributed by atoms with Gasteiger partial charge in [-0.2, -0.15) is 0 Å². The lowest BCUT2D eigenvalue weighted by atomic mass is 9.99. The summed E-state index contributed by atoms with van der Waals surface area (Å²) in [6.07, 6.45) is 1.71. The van der Waals surface area contributed by atoms with Crippen molar-refractivity contribution in [2.24, 2.45) is 0 Å². The Bertz CT molecular complexity index is 884. The van der Waals surface area contributed by atoms with E-state index in [1.54, 1.807) is 0 Å². The monoisotopic (exact) mass is 348 g/mol. The summed E-state index contributed by atoms with van der Waals surface area (Å²) in [5.41, 5.74) is 4.74. The molecule has 0 fully saturated rings. The lowest BCUT2D eigenvalue weighted by molar-refractivity contribution is -0.126. The topological polar surface area (TPSA) is 61.0 Å². The second-order valence-electron chi connectivity index (χ2n) is 6.91. The van der Waals surface area contributed by atoms with E-state index in [2.05, 4.69) is 44.5 Å². The SMILES string of the molecule is C[C@H](C(=O)NCCc1nc2ccccc2[nH]1)N1CCc2ccccc2C1. The average molecular weight is 348 g/mol. The molecule has 1 aromatic heterocycles. The van der Waals surface area contributed by atoms with Crippen molar-refractivity contribution >= 4 is 16.9 Å². The normalized spacial score (nSPS) is 15.6. The highest BCUT2D eigenvalue weighted by molar-refractivity contribution is 5.81. The molecule has 3 aromatic rings. The maximum Gasteiger partial charge on any atom is 0.237 e. The molecule has 1 aliphatic heterocycles. The number of carbonyl (C=O) groups is 1. The van der Waals surface area contributed by atoms with Crippen LogP contribution in [0.3, 0.4) is 0 Å². The first-order chi connectivity index (χ1) is 12.7. The highest BCUT2D eigenvalue weighted by Gasteiger charge is 2.24. The summed E-state index contributed by atoms with van der Waals surface area (Å²) < 4.78 is 0. The number of H-pyrrole nitrogens is 1. The summed E-state index contributed by atoms with van der Waals surface area (Å²) in [6.45, 7) is 4.35. The molecule has 2 N–H and O–H groups in total. The van der Waals surface area contributed by atoms with Gasteiger partial charge in [0.15, 0.2) is 0 Å². The molecule has 26 heavy (non-hydrogen) atoms. The van der Waals surface area contributed by atoms with Crippen molar-refractivity contribution in [1.82, 2.24) is 20.2 Å². The quantitative estimate of drug-likeness (QED) is 0.745. The van der Waals surface area contributed by atoms with Crippen molar-refractivity contribution < 1.29 is 4.79 Å². The van der Waals surface area contributed by atoms with E-state index in [0.29, 0.717) is 13.0 Å². The van der Waals surface area contributed by atoms with Crippen molar-refractivity contribution in [2.75, 3.05) is 13.1 Å². The lowest BCUT2D eigenvalue weighted by Gasteiger charge is -2.32. The Balaban J connectivity index is 1.30. The van der Waals surface area contributed by atoms with Crippen LogP contribution in [0.1, 0.15) is 23.9 Å². The smallest absolute Gasteiger partial charge is 0.237 e. The predicted molar refractivity (Wildman–Crippen MR) is 103 cm³/mol. The fraction of sp³-hybridized carbons (Fsp3) is 0.333. The minimum absolute atomic E-state index is 0.0838. The standard InChI is InChI=1S/C21H24N4O/c1-15(25-13-11-16-6-2-3-7-17(16)14-25)21(26)22-12-10-20-23-18-8-4-5-9-19(18)24-20/h2-9,15H,10-14H2,1H3,(H,22,26)(H,23,24)/t15-/m1/s1. The number of benzene rings is 2. The van der Waals surface area contributed by atoms with Gasteiger partial charge >= 0.3 is 0 Å². The molecule has 1 amide bonds. The largest absolute Gasteiger partial charge is 0.354 e. The zero-order valence-electron chi connectivity index (χ0n) is 15.0. The van der Waals surface area contributed by atoms with E-state index in [-0.39, 0.29) is 11.9 Å². The summed E-state index contributed by atoms with van der Waals surface area (Å²) in [5, 5.41) is 3.06. The molecule has 5 nitrogen and oxygen atoms in total. The zero-order valence-corrected chi connectivity index (χ0v) is 15.0. The number of aromatic nitrogens is 2. The molecule has 0 radical (unpaired) electrons. The Kier molecular flexibility index (Phi) is 4.71. The summed E-state index contributed by atoms with van der Waals surface area (Å²) in [7, 11) is 0. The van der Waals surface area contributed by atoms with Crippen LogP contribution >= 0.6 is 0 Å². The van der Waals surface area contributed by atoms with Crippen molar-refractivity contribution in [1.29, 1.82) is 0 Å². The second kappa shape index (κ2) is 7.30. The van der Waals surface area contributed by atoms with Crippen LogP contribution in [0.15, 0.2) is 48.5 Å². The number of nitrogens with zero attached hydrogens (tertiary/aromatic N) is 2. The van der Waals surface area contributed by atoms with E-state index >= 15 is 0 Å². The molecule has 4 rings (SSSR count). The molecular weight excluding hydrogens is 324 g/mol. The Morgan fingerprint density at radius 1 is 1.19 bits per heavy atom. The molecule has 5 heteroatoms. The molecule has 0 saturated carbocycles. The maximum atomic E-state index is 12.5. The number of nitrogens with one attached hydrogen (secondary N) is 2. The molecule has 1 aliphatic rings. The van der Waals surface area contributed by atoms with E-state index in [1.165, 1.54) is 11.1 Å². The summed E-state index contributed by atoms with van der Waals surface area (Å²) >= 11 is 0. The highest BCUT2D eigenvalue weighted by atomic mass is 16.2. The van der Waals surface area contributed by atoms with Crippen molar-refractivity contribution in [2.45, 2.75) is 32.4 Å². The van der Waals surface area contributed by atoms with Gasteiger partial charge in [0.25, 0.3) is 0 Å². The number of hydrogen-bond donors (Lipinski definition) is 2. The van der Waals surface area contributed by atoms with Gasteiger partial charge in [0, 0.05) is 26.1 Å². The number of amides is 1. The molecule has 134 valence electrons. The number of carbonyl (C=O) groups excluding carboxylic acids is 1. The van der Waals surface area contributed by atoms with E-state index < -0.39 is 0 Å². The Morgan fingerprint density at radius 2 is 1.96 bits per heavy atom. The van der Waals surface area contributed by atoms with Gasteiger partial charge in [0.2, 0.25) is 5.91 Å². The van der Waals surface area contributed by atoms with Gasteiger partial charge in [-0.15, -0.1) is 0 Å². The fourth-order valence-electron chi connectivity index (χ4n) is 3.59. The van der Waals surface area contributed by atoms with E-state index in [0.717, 1.165) is 36.4 Å². The number of fused-ring (bicyclic) bond motifs is 2. The Morgan fingerprint density at radius 3 is 2.81 bits per heavy atom. The van der Waals surface area contributed by atoms with Gasteiger partial charge < -0.3 is 10.3 Å². The number of para-hydroxylation sites is 2. The molecule has 2 aromatic carbocycles. The van der Waals surface area contributed by atoms with E-state index in [9.17, 15) is 4.79 Å². The van der Waals surface area contributed by atoms with E-state index in [1.807, 2.05) is 31.2 Å². The fourth-order valence-corrected chi connectivity index (χ4v) is 3.59. The summed E-state index contributed by atoms with van der Waals surface area (Å²) in [5.74, 6) is 0.992. The van der Waals surface area contributed by atoms with Gasteiger partial charge in [0.1, 0.15) is 5.82 Å². The molecule has 1 atom stereocenters. The van der Waals surface area contributed by atoms with E-state index in [4.69, 9.17) is 0 Å². The van der Waals surface area contributed by atoms with Gasteiger partial charge in [0.05, 0.1) is 17.1 Å². The van der Waals surface area contributed by atoms with Crippen LogP contribution in [-0.4, -0.2) is 39.9 Å². The van der Waals surface area contributed by atoms with Crippen molar-refractivity contribution in [3.63, 3.8) is 0 Å². The lowest BCUT2D eigenvalue weighted by Crippen LogP contribution is -2.47. The summed E-state index contributed by atoms with van der Waals surface area (Å²) in [6, 6.07) is 16.4. The molecule has 0 aliphatic carbocycles. The number of rotatable bonds is 5. The second-order valence-corrected chi connectivity index (χ2v) is 6.91. The first kappa shape index (κ1) is 16.8. The third-order valence-electron chi connectivity index (χ3n) is 5.19. The molecule has 0 spiro atoms. The first-order valence-electron chi connectivity index (χ1n) is 9.23. The summed E-state index contributed by atoms with van der Waals surface area (Å²) in [4.78, 5) is 22.6. The predicted octanol–water partition coefficient (Wildman–Crippen LogP) is 2.67. The number of imidazole rings is 1. The molecule has 0 bridgehead atoms. The average Bonchev–Trinajstić information content (AvgIpc) is 3.09. The minimum atomic E-state index is -0.126. The van der Waals surface area contributed by atoms with Gasteiger partial charge in [-0.05, 0) is 36.6 Å². The van der Waals surface area contributed by atoms with Crippen LogP contribution in [-0.2, 0) is 24.2 Å². The van der Waals surface area contributed by atoms with Gasteiger partial charge in [-0.1, -0.05) is 36.4 Å². The zero-order chi connectivity index (χ0) is 17.9. The van der Waals surface area contributed by atoms with Crippen LogP contribution in [0.5, 0.6) is 0 Å². The van der Waals surface area contributed by atoms with Gasteiger partial charge in [-0.25, -0.2) is 4.98 Å². The van der Waals surface area contributed by atoms with Crippen LogP contribution in [0.25, 0.3) is 11.0 Å². The van der Waals surface area contributed by atoms with Crippen molar-refractivity contribution in [3.8, 4) is 0 Å². The number of aromatic amines is 1. The van der Waals surface area contributed by atoms with Crippen LogP contribution in [0.4, 0.5) is 0 Å². The molecule has 0 saturated heterocycles. The van der Waals surface area contributed by atoms with Crippen LogP contribution in [0, 0.1) is 0 Å². The van der Waals surface area contributed by atoms with Crippen molar-refractivity contribution in [3.05, 3.63) is 65.5 Å². The molecule has 2 heterocycles. The molecule has 0 unspecified atom stereocenters. The third-order valence-corrected chi connectivity index (χ3v) is 5.19. The van der Waals surface area contributed by atoms with Gasteiger partial charge in [-0.3, -0.25) is 9.69 Å². The maximum absolute atomic E-state index is 12.5. The minimum Gasteiger partial charge on any atom is -0.354 e. The van der Waals surface area contributed by atoms with Crippen LogP contribution < -0.4 is 5.32 Å². The first-order valence-corrected chi connectivity index (χ1v) is 9.23. The third kappa shape index (κ3) is 3.48. The Labute approximate surface area is 153 Å². The van der Waals surface area contributed by atoms with Crippen LogP contribution in [0.2, 0.25) is 0 Å². The number of hydrogen-bond acceptors (Lipinski definition) is 3.